The summed E-state index contributed by atoms with van der Waals surface area (Å²) in [6.07, 6.45) is 1.67. The molecule has 0 saturated carbocycles. The van der Waals surface area contributed by atoms with Gasteiger partial charge in [0.2, 0.25) is 0 Å². The molecule has 146 valence electrons. The molecule has 0 bridgehead atoms. The largest absolute Gasteiger partial charge is 0.321 e. The van der Waals surface area contributed by atoms with Crippen molar-refractivity contribution in [2.45, 2.75) is 34.6 Å². The second-order valence-electron chi connectivity index (χ2n) is 7.34. The SMILES string of the molecule is Cc1ccccc1NC(=O)/C(C#N)=C\c1cc(C)n(-c2c(C)cccc2C)c1C. The number of benzene rings is 2. The third-order valence-corrected chi connectivity index (χ3v) is 5.19. The van der Waals surface area contributed by atoms with E-state index in [0.717, 1.165) is 28.2 Å². The van der Waals surface area contributed by atoms with Crippen molar-refractivity contribution in [1.29, 1.82) is 5.26 Å². The van der Waals surface area contributed by atoms with Gasteiger partial charge in [-0.05, 0) is 75.1 Å². The molecule has 1 aromatic heterocycles. The monoisotopic (exact) mass is 383 g/mol. The summed E-state index contributed by atoms with van der Waals surface area (Å²) >= 11 is 0. The third kappa shape index (κ3) is 4.00. The zero-order chi connectivity index (χ0) is 21.1. The number of aryl methyl sites for hydroxylation is 4. The summed E-state index contributed by atoms with van der Waals surface area (Å²) in [4.78, 5) is 12.7. The van der Waals surface area contributed by atoms with Gasteiger partial charge < -0.3 is 9.88 Å². The fraction of sp³-hybridized carbons (Fsp3) is 0.200. The molecule has 2 aromatic carbocycles. The average molecular weight is 383 g/mol. The van der Waals surface area contributed by atoms with Crippen LogP contribution in [0.2, 0.25) is 0 Å². The number of carbonyl (C=O) groups is 1. The number of rotatable bonds is 4. The number of hydrogen-bond acceptors (Lipinski definition) is 2. The van der Waals surface area contributed by atoms with Gasteiger partial charge in [0.1, 0.15) is 11.6 Å². The van der Waals surface area contributed by atoms with Gasteiger partial charge in [0.05, 0.1) is 5.69 Å². The molecule has 0 saturated heterocycles. The summed E-state index contributed by atoms with van der Waals surface area (Å²) in [7, 11) is 0. The van der Waals surface area contributed by atoms with Crippen LogP contribution in [-0.2, 0) is 4.79 Å². The van der Waals surface area contributed by atoms with E-state index in [1.54, 1.807) is 6.08 Å². The van der Waals surface area contributed by atoms with Crippen molar-refractivity contribution in [1.82, 2.24) is 4.57 Å². The molecule has 0 aliphatic rings. The molecule has 29 heavy (non-hydrogen) atoms. The number of nitriles is 1. The van der Waals surface area contributed by atoms with Crippen molar-refractivity contribution < 1.29 is 4.79 Å². The van der Waals surface area contributed by atoms with Gasteiger partial charge in [0.25, 0.3) is 5.91 Å². The van der Waals surface area contributed by atoms with Gasteiger partial charge in [-0.15, -0.1) is 0 Å². The van der Waals surface area contributed by atoms with Gasteiger partial charge in [-0.2, -0.15) is 5.26 Å². The van der Waals surface area contributed by atoms with E-state index in [1.165, 1.54) is 11.1 Å². The summed E-state index contributed by atoms with van der Waals surface area (Å²) < 4.78 is 2.19. The Balaban J connectivity index is 2.00. The standard InChI is InChI=1S/C25H25N3O/c1-16-9-6-7-12-23(16)27-25(29)22(15-26)14-21-13-19(4)28(20(21)5)24-17(2)10-8-11-18(24)3/h6-14H,1-5H3,(H,27,29)/b22-14-. The molecule has 3 rings (SSSR count). The number of amides is 1. The van der Waals surface area contributed by atoms with Gasteiger partial charge in [-0.1, -0.05) is 36.4 Å². The third-order valence-electron chi connectivity index (χ3n) is 5.19. The molecule has 0 unspecified atom stereocenters. The van der Waals surface area contributed by atoms with E-state index in [2.05, 4.69) is 35.9 Å². The van der Waals surface area contributed by atoms with E-state index in [1.807, 2.05) is 63.2 Å². The lowest BCUT2D eigenvalue weighted by molar-refractivity contribution is -0.112. The Morgan fingerprint density at radius 2 is 1.59 bits per heavy atom. The second-order valence-corrected chi connectivity index (χ2v) is 7.34. The molecular formula is C25H25N3O. The van der Waals surface area contributed by atoms with Crippen molar-refractivity contribution in [3.05, 3.63) is 87.7 Å². The van der Waals surface area contributed by atoms with E-state index in [0.29, 0.717) is 5.69 Å². The normalized spacial score (nSPS) is 11.2. The Morgan fingerprint density at radius 3 is 2.21 bits per heavy atom. The van der Waals surface area contributed by atoms with Crippen molar-refractivity contribution in [3.63, 3.8) is 0 Å². The average Bonchev–Trinajstić information content (AvgIpc) is 2.95. The molecule has 0 radical (unpaired) electrons. The molecule has 0 spiro atoms. The Labute approximate surface area is 172 Å². The van der Waals surface area contributed by atoms with Gasteiger partial charge in [0, 0.05) is 17.1 Å². The van der Waals surface area contributed by atoms with Crippen LogP contribution in [-0.4, -0.2) is 10.5 Å². The van der Waals surface area contributed by atoms with Crippen molar-refractivity contribution in [3.8, 4) is 11.8 Å². The van der Waals surface area contributed by atoms with Crippen LogP contribution in [0.3, 0.4) is 0 Å². The van der Waals surface area contributed by atoms with Crippen LogP contribution in [0.4, 0.5) is 5.69 Å². The second kappa shape index (κ2) is 8.20. The number of nitrogens with one attached hydrogen (secondary N) is 1. The number of carbonyl (C=O) groups excluding carboxylic acids is 1. The molecular weight excluding hydrogens is 358 g/mol. The Bertz CT molecular complexity index is 1140. The molecule has 0 fully saturated rings. The lowest BCUT2D eigenvalue weighted by atomic mass is 10.1. The fourth-order valence-electron chi connectivity index (χ4n) is 3.64. The maximum absolute atomic E-state index is 12.7. The van der Waals surface area contributed by atoms with E-state index in [4.69, 9.17) is 0 Å². The minimum absolute atomic E-state index is 0.0787. The molecule has 4 heteroatoms. The Hall–Kier alpha value is -3.58. The van der Waals surface area contributed by atoms with Crippen LogP contribution < -0.4 is 5.32 Å². The summed E-state index contributed by atoms with van der Waals surface area (Å²) in [6, 6.07) is 17.8. The van der Waals surface area contributed by atoms with Crippen molar-refractivity contribution >= 4 is 17.7 Å². The first kappa shape index (κ1) is 20.2. The van der Waals surface area contributed by atoms with Crippen molar-refractivity contribution in [2.24, 2.45) is 0 Å². The summed E-state index contributed by atoms with van der Waals surface area (Å²) in [6.45, 7) is 10.2. The highest BCUT2D eigenvalue weighted by molar-refractivity contribution is 6.10. The first-order valence-corrected chi connectivity index (χ1v) is 9.57. The van der Waals surface area contributed by atoms with Gasteiger partial charge in [-0.25, -0.2) is 0 Å². The smallest absolute Gasteiger partial charge is 0.266 e. The van der Waals surface area contributed by atoms with Crippen LogP contribution in [0.25, 0.3) is 11.8 Å². The summed E-state index contributed by atoms with van der Waals surface area (Å²) in [5.74, 6) is -0.404. The molecule has 1 N–H and O–H groups in total. The summed E-state index contributed by atoms with van der Waals surface area (Å²) in [5.41, 5.74) is 8.16. The van der Waals surface area contributed by atoms with E-state index in [-0.39, 0.29) is 5.57 Å². The van der Waals surface area contributed by atoms with Crippen molar-refractivity contribution in [2.75, 3.05) is 5.32 Å². The lowest BCUT2D eigenvalue weighted by Gasteiger charge is -2.15. The lowest BCUT2D eigenvalue weighted by Crippen LogP contribution is -2.14. The van der Waals surface area contributed by atoms with Gasteiger partial charge in [-0.3, -0.25) is 4.79 Å². The topological polar surface area (TPSA) is 57.8 Å². The van der Waals surface area contributed by atoms with Crippen LogP contribution in [0.5, 0.6) is 0 Å². The van der Waals surface area contributed by atoms with Gasteiger partial charge >= 0.3 is 0 Å². The number of hydrogen-bond donors (Lipinski definition) is 1. The van der Waals surface area contributed by atoms with E-state index >= 15 is 0 Å². The number of para-hydroxylation sites is 2. The van der Waals surface area contributed by atoms with Gasteiger partial charge in [0.15, 0.2) is 0 Å². The van der Waals surface area contributed by atoms with Crippen LogP contribution in [0.1, 0.15) is 33.6 Å². The quantitative estimate of drug-likeness (QED) is 0.473. The highest BCUT2D eigenvalue weighted by Gasteiger charge is 2.16. The minimum atomic E-state index is -0.404. The predicted molar refractivity (Wildman–Crippen MR) is 118 cm³/mol. The number of anilines is 1. The molecule has 0 aliphatic carbocycles. The molecule has 1 heterocycles. The zero-order valence-corrected chi connectivity index (χ0v) is 17.5. The molecule has 0 atom stereocenters. The Morgan fingerprint density at radius 1 is 0.966 bits per heavy atom. The first-order chi connectivity index (χ1) is 13.8. The molecule has 1 amide bonds. The molecule has 3 aromatic rings. The van der Waals surface area contributed by atoms with E-state index in [9.17, 15) is 10.1 Å². The minimum Gasteiger partial charge on any atom is -0.321 e. The fourth-order valence-corrected chi connectivity index (χ4v) is 3.64. The predicted octanol–water partition coefficient (Wildman–Crippen LogP) is 5.57. The number of aromatic nitrogens is 1. The maximum atomic E-state index is 12.7. The van der Waals surface area contributed by atoms with Crippen LogP contribution in [0.15, 0.2) is 54.1 Å². The Kier molecular flexibility index (Phi) is 5.70. The van der Waals surface area contributed by atoms with Crippen LogP contribution >= 0.6 is 0 Å². The zero-order valence-electron chi connectivity index (χ0n) is 17.5. The highest BCUT2D eigenvalue weighted by atomic mass is 16.1. The molecule has 4 nitrogen and oxygen atoms in total. The maximum Gasteiger partial charge on any atom is 0.266 e. The first-order valence-electron chi connectivity index (χ1n) is 9.57. The summed E-state index contributed by atoms with van der Waals surface area (Å²) in [5, 5.41) is 12.4. The molecule has 0 aliphatic heterocycles. The number of nitrogens with zero attached hydrogens (tertiary/aromatic N) is 2. The van der Waals surface area contributed by atoms with E-state index < -0.39 is 5.91 Å². The highest BCUT2D eigenvalue weighted by Crippen LogP contribution is 2.27. The van der Waals surface area contributed by atoms with Crippen LogP contribution in [0, 0.1) is 45.9 Å².